The van der Waals surface area contributed by atoms with Gasteiger partial charge in [0.1, 0.15) is 5.82 Å². The number of ether oxygens (including phenoxy) is 1. The second kappa shape index (κ2) is 4.40. The van der Waals surface area contributed by atoms with Gasteiger partial charge in [0.05, 0.1) is 13.2 Å². The van der Waals surface area contributed by atoms with Crippen molar-refractivity contribution in [2.24, 2.45) is 0 Å². The monoisotopic (exact) mass is 208 g/mol. The van der Waals surface area contributed by atoms with Crippen LogP contribution in [0.1, 0.15) is 10.4 Å². The van der Waals surface area contributed by atoms with E-state index < -0.39 is 5.82 Å². The topological polar surface area (TPSA) is 29.5 Å². The first-order valence-corrected chi connectivity index (χ1v) is 4.81. The predicted molar refractivity (Wildman–Crippen MR) is 52.0 cm³/mol. The minimum atomic E-state index is -0.505. The predicted octanol–water partition coefficient (Wildman–Crippen LogP) is 1.10. The normalized spacial score (nSPS) is 16.5. The zero-order chi connectivity index (χ0) is 10.7. The smallest absolute Gasteiger partial charge is 0.254 e. The quantitative estimate of drug-likeness (QED) is 0.691. The molecule has 0 unspecified atom stereocenters. The first-order valence-electron chi connectivity index (χ1n) is 4.81. The van der Waals surface area contributed by atoms with Crippen LogP contribution in [0.15, 0.2) is 18.2 Å². The van der Waals surface area contributed by atoms with Gasteiger partial charge >= 0.3 is 0 Å². The fraction of sp³-hybridized carbons (Fsp3) is 0.364. The van der Waals surface area contributed by atoms with Crippen molar-refractivity contribution in [3.05, 3.63) is 35.6 Å². The molecule has 79 valence electrons. The molecular formula is C11H11FNO2. The summed E-state index contributed by atoms with van der Waals surface area (Å²) < 4.78 is 18.0. The molecule has 1 aromatic rings. The van der Waals surface area contributed by atoms with Gasteiger partial charge < -0.3 is 9.64 Å². The molecule has 4 heteroatoms. The lowest BCUT2D eigenvalue weighted by atomic mass is 10.2. The molecule has 2 rings (SSSR count). The van der Waals surface area contributed by atoms with Gasteiger partial charge in [-0.25, -0.2) is 4.39 Å². The van der Waals surface area contributed by atoms with Crippen molar-refractivity contribution in [1.82, 2.24) is 4.90 Å². The second-order valence-electron chi connectivity index (χ2n) is 3.33. The summed E-state index contributed by atoms with van der Waals surface area (Å²) in [5.74, 6) is -0.652. The number of nitrogens with zero attached hydrogens (tertiary/aromatic N) is 1. The Morgan fingerprint density at radius 2 is 2.20 bits per heavy atom. The van der Waals surface area contributed by atoms with Crippen molar-refractivity contribution < 1.29 is 13.9 Å². The Labute approximate surface area is 87.5 Å². The number of morpholine rings is 1. The van der Waals surface area contributed by atoms with Crippen LogP contribution >= 0.6 is 0 Å². The Hall–Kier alpha value is -1.42. The summed E-state index contributed by atoms with van der Waals surface area (Å²) in [4.78, 5) is 13.5. The van der Waals surface area contributed by atoms with E-state index in [2.05, 4.69) is 6.07 Å². The van der Waals surface area contributed by atoms with Crippen molar-refractivity contribution in [3.63, 3.8) is 0 Å². The Bertz CT molecular complexity index is 361. The van der Waals surface area contributed by atoms with Crippen LogP contribution < -0.4 is 0 Å². The highest BCUT2D eigenvalue weighted by Gasteiger charge is 2.18. The minimum absolute atomic E-state index is 0.147. The Morgan fingerprint density at radius 3 is 2.87 bits per heavy atom. The van der Waals surface area contributed by atoms with E-state index in [0.29, 0.717) is 31.9 Å². The van der Waals surface area contributed by atoms with Crippen LogP contribution in [0.3, 0.4) is 0 Å². The van der Waals surface area contributed by atoms with E-state index in [4.69, 9.17) is 4.74 Å². The van der Waals surface area contributed by atoms with E-state index in [9.17, 15) is 9.18 Å². The summed E-state index contributed by atoms with van der Waals surface area (Å²) in [5, 5.41) is 0. The maximum Gasteiger partial charge on any atom is 0.254 e. The zero-order valence-corrected chi connectivity index (χ0v) is 8.20. The summed E-state index contributed by atoms with van der Waals surface area (Å²) in [7, 11) is 0. The van der Waals surface area contributed by atoms with Gasteiger partial charge in [-0.1, -0.05) is 6.07 Å². The van der Waals surface area contributed by atoms with Crippen LogP contribution in [0.25, 0.3) is 0 Å². The van der Waals surface area contributed by atoms with E-state index in [1.165, 1.54) is 12.1 Å². The first kappa shape index (κ1) is 10.1. The van der Waals surface area contributed by atoms with Crippen LogP contribution in [0.4, 0.5) is 4.39 Å². The molecule has 0 spiro atoms. The van der Waals surface area contributed by atoms with Gasteiger partial charge in [-0.2, -0.15) is 0 Å². The minimum Gasteiger partial charge on any atom is -0.378 e. The molecule has 0 N–H and O–H groups in total. The lowest BCUT2D eigenvalue weighted by Gasteiger charge is -2.26. The van der Waals surface area contributed by atoms with Gasteiger partial charge in [0.25, 0.3) is 5.91 Å². The first-order chi connectivity index (χ1) is 7.27. The number of amides is 1. The molecule has 0 aromatic heterocycles. The fourth-order valence-electron chi connectivity index (χ4n) is 1.52. The molecule has 0 atom stereocenters. The van der Waals surface area contributed by atoms with Gasteiger partial charge in [-0.3, -0.25) is 4.79 Å². The largest absolute Gasteiger partial charge is 0.378 e. The van der Waals surface area contributed by atoms with Crippen LogP contribution in [0.2, 0.25) is 0 Å². The fourth-order valence-corrected chi connectivity index (χ4v) is 1.52. The molecule has 1 fully saturated rings. The number of halogens is 1. The number of hydrogen-bond donors (Lipinski definition) is 0. The summed E-state index contributed by atoms with van der Waals surface area (Å²) in [6.07, 6.45) is 0. The van der Waals surface area contributed by atoms with Gasteiger partial charge in [0.15, 0.2) is 0 Å². The third-order valence-corrected chi connectivity index (χ3v) is 2.31. The van der Waals surface area contributed by atoms with Crippen LogP contribution in [-0.4, -0.2) is 37.1 Å². The second-order valence-corrected chi connectivity index (χ2v) is 3.33. The summed E-state index contributed by atoms with van der Waals surface area (Å²) in [6, 6.07) is 6.56. The highest BCUT2D eigenvalue weighted by molar-refractivity contribution is 5.94. The van der Waals surface area contributed by atoms with E-state index in [1.807, 2.05) is 0 Å². The molecule has 1 radical (unpaired) electrons. The molecule has 1 saturated heterocycles. The third kappa shape index (κ3) is 2.33. The Morgan fingerprint density at radius 1 is 1.47 bits per heavy atom. The summed E-state index contributed by atoms with van der Waals surface area (Å²) in [5.41, 5.74) is 0.369. The molecule has 1 aromatic carbocycles. The van der Waals surface area contributed by atoms with E-state index in [1.54, 1.807) is 11.0 Å². The average Bonchev–Trinajstić information content (AvgIpc) is 2.29. The molecule has 0 bridgehead atoms. The van der Waals surface area contributed by atoms with Gasteiger partial charge in [0.2, 0.25) is 0 Å². The molecule has 1 aliphatic rings. The summed E-state index contributed by atoms with van der Waals surface area (Å²) in [6.45, 7) is 2.23. The van der Waals surface area contributed by atoms with Crippen molar-refractivity contribution in [2.75, 3.05) is 26.3 Å². The molecule has 1 heterocycles. The molecule has 3 nitrogen and oxygen atoms in total. The van der Waals surface area contributed by atoms with E-state index >= 15 is 0 Å². The van der Waals surface area contributed by atoms with Crippen molar-refractivity contribution in [3.8, 4) is 0 Å². The molecule has 1 amide bonds. The lowest BCUT2D eigenvalue weighted by molar-refractivity contribution is 0.0302. The van der Waals surface area contributed by atoms with Crippen LogP contribution in [-0.2, 0) is 4.74 Å². The van der Waals surface area contributed by atoms with E-state index in [-0.39, 0.29) is 5.91 Å². The van der Waals surface area contributed by atoms with Crippen LogP contribution in [0.5, 0.6) is 0 Å². The maximum absolute atomic E-state index is 12.8. The molecular weight excluding hydrogens is 197 g/mol. The summed E-state index contributed by atoms with van der Waals surface area (Å²) >= 11 is 0. The number of carbonyl (C=O) groups excluding carboxylic acids is 1. The number of carbonyl (C=O) groups is 1. The average molecular weight is 208 g/mol. The standard InChI is InChI=1S/C11H11FNO2/c12-10-3-1-2-9(8-10)11(14)13-4-6-15-7-5-13/h1-2,8H,4-7H2. The molecule has 15 heavy (non-hydrogen) atoms. The maximum atomic E-state index is 12.8. The van der Waals surface area contributed by atoms with Crippen molar-refractivity contribution in [1.29, 1.82) is 0 Å². The Balaban J connectivity index is 2.12. The number of hydrogen-bond acceptors (Lipinski definition) is 2. The number of rotatable bonds is 1. The number of benzene rings is 1. The van der Waals surface area contributed by atoms with Crippen LogP contribution in [0, 0.1) is 11.9 Å². The van der Waals surface area contributed by atoms with Crippen molar-refractivity contribution in [2.45, 2.75) is 0 Å². The van der Waals surface area contributed by atoms with Crippen molar-refractivity contribution >= 4 is 5.91 Å². The lowest BCUT2D eigenvalue weighted by Crippen LogP contribution is -2.40. The Kier molecular flexibility index (Phi) is 2.97. The SMILES string of the molecule is O=C(c1cc[c]c(F)c1)N1CCOCC1. The molecule has 1 aliphatic heterocycles. The molecule has 0 saturated carbocycles. The highest BCUT2D eigenvalue weighted by atomic mass is 19.1. The zero-order valence-electron chi connectivity index (χ0n) is 8.20. The molecule has 0 aliphatic carbocycles. The highest BCUT2D eigenvalue weighted by Crippen LogP contribution is 2.08. The third-order valence-electron chi connectivity index (χ3n) is 2.31. The van der Waals surface area contributed by atoms with Gasteiger partial charge in [-0.05, 0) is 12.1 Å². The van der Waals surface area contributed by atoms with Gasteiger partial charge in [-0.15, -0.1) is 0 Å². The van der Waals surface area contributed by atoms with Gasteiger partial charge in [0, 0.05) is 24.7 Å². The van der Waals surface area contributed by atoms with E-state index in [0.717, 1.165) is 0 Å².